The second kappa shape index (κ2) is 9.55. The van der Waals surface area contributed by atoms with Gasteiger partial charge in [0.1, 0.15) is 0 Å². The van der Waals surface area contributed by atoms with E-state index in [0.29, 0.717) is 24.6 Å². The van der Waals surface area contributed by atoms with Gasteiger partial charge in [0.15, 0.2) is 17.5 Å². The van der Waals surface area contributed by atoms with Crippen LogP contribution in [-0.4, -0.2) is 42.1 Å². The van der Waals surface area contributed by atoms with E-state index in [1.165, 1.54) is 17.7 Å². The molecule has 5 nitrogen and oxygen atoms in total. The summed E-state index contributed by atoms with van der Waals surface area (Å²) in [7, 11) is 1.74. The Labute approximate surface area is 166 Å². The van der Waals surface area contributed by atoms with E-state index in [-0.39, 0.29) is 5.75 Å². The third-order valence-corrected chi connectivity index (χ3v) is 5.40. The molecule has 1 aliphatic heterocycles. The number of phenolic OH excluding ortho intramolecular Hbond substituents is 1. The third kappa shape index (κ3) is 5.23. The Morgan fingerprint density at radius 2 is 1.93 bits per heavy atom. The fourth-order valence-corrected chi connectivity index (χ4v) is 3.61. The second-order valence-corrected chi connectivity index (χ2v) is 7.25. The molecule has 3 N–H and O–H groups in total. The quantitative estimate of drug-likeness (QED) is 0.546. The van der Waals surface area contributed by atoms with Crippen molar-refractivity contribution in [2.24, 2.45) is 4.99 Å². The van der Waals surface area contributed by atoms with Crippen molar-refractivity contribution in [1.29, 1.82) is 0 Å². The summed E-state index contributed by atoms with van der Waals surface area (Å²) in [5, 5.41) is 16.0. The minimum atomic E-state index is -0.609. The van der Waals surface area contributed by atoms with Gasteiger partial charge >= 0.3 is 0 Å². The third-order valence-electron chi connectivity index (χ3n) is 5.40. The van der Waals surface area contributed by atoms with Crippen LogP contribution in [0, 0.1) is 5.82 Å². The second-order valence-electron chi connectivity index (χ2n) is 7.25. The van der Waals surface area contributed by atoms with Crippen molar-refractivity contribution in [3.63, 3.8) is 0 Å². The molecule has 0 spiro atoms. The van der Waals surface area contributed by atoms with Crippen LogP contribution in [0.2, 0.25) is 0 Å². The molecule has 6 heteroatoms. The number of aromatic hydroxyl groups is 1. The van der Waals surface area contributed by atoms with Crippen LogP contribution in [0.3, 0.4) is 0 Å². The zero-order chi connectivity index (χ0) is 19.9. The van der Waals surface area contributed by atoms with Crippen molar-refractivity contribution < 1.29 is 9.50 Å². The Morgan fingerprint density at radius 3 is 2.57 bits per heavy atom. The minimum absolute atomic E-state index is 0.331. The van der Waals surface area contributed by atoms with Crippen LogP contribution in [0.15, 0.2) is 53.5 Å². The number of piperidine rings is 1. The monoisotopic (exact) mass is 384 g/mol. The number of rotatable bonds is 5. The summed E-state index contributed by atoms with van der Waals surface area (Å²) < 4.78 is 13.5. The van der Waals surface area contributed by atoms with Crippen molar-refractivity contribution >= 4 is 5.96 Å². The van der Waals surface area contributed by atoms with E-state index >= 15 is 0 Å². The minimum Gasteiger partial charge on any atom is -0.505 e. The van der Waals surface area contributed by atoms with Crippen LogP contribution < -0.4 is 10.6 Å². The van der Waals surface area contributed by atoms with Gasteiger partial charge in [-0.05, 0) is 43.0 Å². The number of likely N-dealkylation sites (tertiary alicyclic amines) is 1. The van der Waals surface area contributed by atoms with Gasteiger partial charge in [-0.1, -0.05) is 36.4 Å². The Kier molecular flexibility index (Phi) is 6.87. The maximum atomic E-state index is 13.5. The molecule has 2 aromatic rings. The SMILES string of the molecule is CN=C(NCc1ccc(O)c(F)c1)NC1CCN(C(C)c2ccccc2)CC1. The van der Waals surface area contributed by atoms with E-state index in [1.54, 1.807) is 13.1 Å². The maximum absolute atomic E-state index is 13.5. The summed E-state index contributed by atoms with van der Waals surface area (Å²) in [5.74, 6) is -0.229. The van der Waals surface area contributed by atoms with Gasteiger partial charge in [-0.2, -0.15) is 0 Å². The first-order valence-electron chi connectivity index (χ1n) is 9.80. The summed E-state index contributed by atoms with van der Waals surface area (Å²) in [6.45, 7) is 4.78. The van der Waals surface area contributed by atoms with Crippen LogP contribution in [0.25, 0.3) is 0 Å². The first kappa shape index (κ1) is 20.1. The Morgan fingerprint density at radius 1 is 1.21 bits per heavy atom. The molecule has 1 unspecified atom stereocenters. The highest BCUT2D eigenvalue weighted by Gasteiger charge is 2.24. The van der Waals surface area contributed by atoms with Gasteiger partial charge in [0.25, 0.3) is 0 Å². The van der Waals surface area contributed by atoms with Crippen LogP contribution >= 0.6 is 0 Å². The highest BCUT2D eigenvalue weighted by Crippen LogP contribution is 2.24. The molecule has 0 saturated carbocycles. The molecule has 2 aromatic carbocycles. The molecule has 1 atom stereocenters. The average molecular weight is 384 g/mol. The van der Waals surface area contributed by atoms with Gasteiger partial charge in [0, 0.05) is 38.8 Å². The lowest BCUT2D eigenvalue weighted by Crippen LogP contribution is -2.48. The lowest BCUT2D eigenvalue weighted by molar-refractivity contribution is 0.158. The van der Waals surface area contributed by atoms with Crippen molar-refractivity contribution in [2.45, 2.75) is 38.4 Å². The van der Waals surface area contributed by atoms with Gasteiger partial charge in [0.2, 0.25) is 0 Å². The number of halogens is 1. The molecular weight excluding hydrogens is 355 g/mol. The first-order valence-corrected chi connectivity index (χ1v) is 9.80. The smallest absolute Gasteiger partial charge is 0.191 e. The number of nitrogens with zero attached hydrogens (tertiary/aromatic N) is 2. The Bertz CT molecular complexity index is 788. The molecule has 0 radical (unpaired) electrons. The molecule has 0 aromatic heterocycles. The number of nitrogens with one attached hydrogen (secondary N) is 2. The van der Waals surface area contributed by atoms with Crippen molar-refractivity contribution in [3.8, 4) is 5.75 Å². The van der Waals surface area contributed by atoms with E-state index in [2.05, 4.69) is 57.8 Å². The molecule has 3 rings (SSSR count). The summed E-state index contributed by atoms with van der Waals surface area (Å²) in [6, 6.07) is 15.8. The normalized spacial score (nSPS) is 17.3. The molecule has 0 aliphatic carbocycles. The molecule has 0 amide bonds. The maximum Gasteiger partial charge on any atom is 0.191 e. The summed E-state index contributed by atoms with van der Waals surface area (Å²) in [4.78, 5) is 6.79. The number of benzene rings is 2. The molecule has 1 heterocycles. The summed E-state index contributed by atoms with van der Waals surface area (Å²) >= 11 is 0. The zero-order valence-corrected chi connectivity index (χ0v) is 16.5. The number of phenols is 1. The predicted octanol–water partition coefficient (Wildman–Crippen LogP) is 3.42. The fraction of sp³-hybridized carbons (Fsp3) is 0.409. The van der Waals surface area contributed by atoms with E-state index in [4.69, 9.17) is 0 Å². The zero-order valence-electron chi connectivity index (χ0n) is 16.5. The number of guanidine groups is 1. The van der Waals surface area contributed by atoms with E-state index in [1.807, 2.05) is 0 Å². The van der Waals surface area contributed by atoms with Gasteiger partial charge in [0.05, 0.1) is 0 Å². The lowest BCUT2D eigenvalue weighted by Gasteiger charge is -2.37. The highest BCUT2D eigenvalue weighted by molar-refractivity contribution is 5.79. The lowest BCUT2D eigenvalue weighted by atomic mass is 10.0. The van der Waals surface area contributed by atoms with E-state index < -0.39 is 5.82 Å². The van der Waals surface area contributed by atoms with Gasteiger partial charge in [-0.3, -0.25) is 9.89 Å². The topological polar surface area (TPSA) is 59.9 Å². The van der Waals surface area contributed by atoms with E-state index in [9.17, 15) is 9.50 Å². The van der Waals surface area contributed by atoms with Gasteiger partial charge < -0.3 is 15.7 Å². The predicted molar refractivity (Wildman–Crippen MR) is 111 cm³/mol. The molecule has 1 saturated heterocycles. The summed E-state index contributed by atoms with van der Waals surface area (Å²) in [6.07, 6.45) is 2.09. The number of hydrogen-bond acceptors (Lipinski definition) is 3. The van der Waals surface area contributed by atoms with Crippen LogP contribution in [0.4, 0.5) is 4.39 Å². The first-order chi connectivity index (χ1) is 13.6. The van der Waals surface area contributed by atoms with Crippen LogP contribution in [0.5, 0.6) is 5.75 Å². The summed E-state index contributed by atoms with van der Waals surface area (Å²) in [5.41, 5.74) is 2.11. The standard InChI is InChI=1S/C22H29FN4O/c1-16(18-6-4-3-5-7-18)27-12-10-19(11-13-27)26-22(24-2)25-15-17-8-9-21(28)20(23)14-17/h3-9,14,16,19,28H,10-13,15H2,1-2H3,(H2,24,25,26). The molecule has 28 heavy (non-hydrogen) atoms. The highest BCUT2D eigenvalue weighted by atomic mass is 19.1. The van der Waals surface area contributed by atoms with Crippen LogP contribution in [0.1, 0.15) is 36.9 Å². The van der Waals surface area contributed by atoms with Crippen molar-refractivity contribution in [1.82, 2.24) is 15.5 Å². The Balaban J connectivity index is 1.47. The van der Waals surface area contributed by atoms with Crippen molar-refractivity contribution in [2.75, 3.05) is 20.1 Å². The van der Waals surface area contributed by atoms with E-state index in [0.717, 1.165) is 31.5 Å². The largest absolute Gasteiger partial charge is 0.505 e. The molecule has 150 valence electrons. The van der Waals surface area contributed by atoms with Crippen LogP contribution in [-0.2, 0) is 6.54 Å². The average Bonchev–Trinajstić information content (AvgIpc) is 2.74. The molecule has 0 bridgehead atoms. The van der Waals surface area contributed by atoms with Crippen molar-refractivity contribution in [3.05, 3.63) is 65.5 Å². The van der Waals surface area contributed by atoms with Gasteiger partial charge in [-0.25, -0.2) is 4.39 Å². The number of aliphatic imine (C=N–C) groups is 1. The molecule has 1 fully saturated rings. The number of hydrogen-bond donors (Lipinski definition) is 3. The fourth-order valence-electron chi connectivity index (χ4n) is 3.61. The van der Waals surface area contributed by atoms with Gasteiger partial charge in [-0.15, -0.1) is 0 Å². The molecular formula is C22H29FN4O. The molecule has 1 aliphatic rings. The Hall–Kier alpha value is -2.60.